The number of benzene rings is 1. The fourth-order valence-corrected chi connectivity index (χ4v) is 3.87. The molecule has 0 heterocycles. The lowest BCUT2D eigenvalue weighted by molar-refractivity contribution is 0.0943. The van der Waals surface area contributed by atoms with Crippen LogP contribution in [0.3, 0.4) is 0 Å². The van der Waals surface area contributed by atoms with E-state index in [0.717, 1.165) is 17.4 Å². The molecule has 2 atom stereocenters. The molecule has 0 saturated heterocycles. The van der Waals surface area contributed by atoms with Gasteiger partial charge in [0.25, 0.3) is 5.91 Å². The molecule has 104 valence electrons. The molecule has 0 spiro atoms. The average Bonchev–Trinajstić information content (AvgIpc) is 2.39. The third-order valence-electron chi connectivity index (χ3n) is 3.44. The van der Waals surface area contributed by atoms with Crippen molar-refractivity contribution in [1.29, 1.82) is 0 Å². The number of nitrogens with one attached hydrogen (secondary N) is 1. The van der Waals surface area contributed by atoms with Crippen LogP contribution in [-0.4, -0.2) is 17.3 Å². The Morgan fingerprint density at radius 3 is 2.95 bits per heavy atom. The number of hydrogen-bond donors (Lipinski definition) is 1. The zero-order chi connectivity index (χ0) is 13.8. The first kappa shape index (κ1) is 15.3. The Bertz CT molecular complexity index is 467. The number of rotatable bonds is 3. The van der Waals surface area contributed by atoms with Gasteiger partial charge in [0.1, 0.15) is 0 Å². The summed E-state index contributed by atoms with van der Waals surface area (Å²) >= 11 is 13.0. The highest BCUT2D eigenvalue weighted by Crippen LogP contribution is 2.28. The fraction of sp³-hybridized carbons (Fsp3) is 0.500. The van der Waals surface area contributed by atoms with Crippen LogP contribution in [0.1, 0.15) is 36.0 Å². The Morgan fingerprint density at radius 2 is 2.21 bits per heavy atom. The van der Waals surface area contributed by atoms with E-state index < -0.39 is 0 Å². The smallest absolute Gasteiger partial charge is 0.252 e. The van der Waals surface area contributed by atoms with Crippen molar-refractivity contribution in [2.75, 3.05) is 6.54 Å². The van der Waals surface area contributed by atoms with Gasteiger partial charge in [0.2, 0.25) is 0 Å². The van der Waals surface area contributed by atoms with Gasteiger partial charge in [-0.2, -0.15) is 0 Å². The van der Waals surface area contributed by atoms with Crippen LogP contribution in [0.15, 0.2) is 22.7 Å². The predicted molar refractivity (Wildman–Crippen MR) is 86.2 cm³/mol. The summed E-state index contributed by atoms with van der Waals surface area (Å²) in [7, 11) is 0. The summed E-state index contributed by atoms with van der Waals surface area (Å²) in [5.41, 5.74) is 0.596. The minimum atomic E-state index is -0.0638. The fourth-order valence-electron chi connectivity index (χ4n) is 2.41. The van der Waals surface area contributed by atoms with E-state index >= 15 is 0 Å². The summed E-state index contributed by atoms with van der Waals surface area (Å²) in [4.78, 5) is 12.7. The molecule has 1 aromatic rings. The molecule has 1 aliphatic rings. The van der Waals surface area contributed by atoms with E-state index in [1.165, 1.54) is 19.3 Å². The van der Waals surface area contributed by atoms with E-state index in [-0.39, 0.29) is 5.91 Å². The number of hydrogen-bond acceptors (Lipinski definition) is 1. The normalized spacial score (nSPS) is 23.1. The zero-order valence-corrected chi connectivity index (χ0v) is 14.4. The van der Waals surface area contributed by atoms with Crippen LogP contribution in [0.4, 0.5) is 0 Å². The maximum Gasteiger partial charge on any atom is 0.252 e. The third-order valence-corrected chi connectivity index (χ3v) is 5.20. The van der Waals surface area contributed by atoms with E-state index in [2.05, 4.69) is 37.2 Å². The summed E-state index contributed by atoms with van der Waals surface area (Å²) < 4.78 is 0.774. The lowest BCUT2D eigenvalue weighted by Gasteiger charge is -2.25. The van der Waals surface area contributed by atoms with Gasteiger partial charge in [-0.15, -0.1) is 0 Å². The van der Waals surface area contributed by atoms with Gasteiger partial charge in [-0.25, -0.2) is 0 Å². The molecule has 2 rings (SSSR count). The topological polar surface area (TPSA) is 29.1 Å². The largest absolute Gasteiger partial charge is 0.352 e. The quantitative estimate of drug-likeness (QED) is 0.715. The molecule has 5 heteroatoms. The van der Waals surface area contributed by atoms with E-state index in [0.29, 0.717) is 21.3 Å². The van der Waals surface area contributed by atoms with Crippen molar-refractivity contribution in [3.63, 3.8) is 0 Å². The highest BCUT2D eigenvalue weighted by Gasteiger charge is 2.21. The molecule has 19 heavy (non-hydrogen) atoms. The van der Waals surface area contributed by atoms with Gasteiger partial charge in [0, 0.05) is 20.9 Å². The lowest BCUT2D eigenvalue weighted by Crippen LogP contribution is -2.32. The molecule has 0 aromatic heterocycles. The van der Waals surface area contributed by atoms with E-state index in [4.69, 9.17) is 11.6 Å². The van der Waals surface area contributed by atoms with Crippen molar-refractivity contribution in [1.82, 2.24) is 5.32 Å². The number of alkyl halides is 1. The predicted octanol–water partition coefficient (Wildman–Crippen LogP) is 4.79. The SMILES string of the molecule is O=C(NCC1CCCC(Br)C1)c1cc(Cl)ccc1Br. The molecular formula is C14H16Br2ClNO. The second-order valence-electron chi connectivity index (χ2n) is 4.96. The lowest BCUT2D eigenvalue weighted by atomic mass is 9.89. The van der Waals surface area contributed by atoms with Crippen molar-refractivity contribution < 1.29 is 4.79 Å². The third kappa shape index (κ3) is 4.47. The molecule has 1 aliphatic carbocycles. The Labute approximate surface area is 135 Å². The maximum absolute atomic E-state index is 12.1. The van der Waals surface area contributed by atoms with E-state index in [1.807, 2.05) is 0 Å². The van der Waals surface area contributed by atoms with Crippen molar-refractivity contribution >= 4 is 49.4 Å². The summed E-state index contributed by atoms with van der Waals surface area (Å²) in [5.74, 6) is 0.506. The molecule has 0 bridgehead atoms. The van der Waals surface area contributed by atoms with Crippen LogP contribution in [-0.2, 0) is 0 Å². The van der Waals surface area contributed by atoms with Crippen LogP contribution >= 0.6 is 43.5 Å². The minimum absolute atomic E-state index is 0.0638. The van der Waals surface area contributed by atoms with Crippen molar-refractivity contribution in [3.05, 3.63) is 33.3 Å². The monoisotopic (exact) mass is 407 g/mol. The van der Waals surface area contributed by atoms with Crippen LogP contribution < -0.4 is 5.32 Å². The number of halogens is 3. The van der Waals surface area contributed by atoms with Gasteiger partial charge in [-0.1, -0.05) is 34.0 Å². The van der Waals surface area contributed by atoms with Crippen LogP contribution in [0, 0.1) is 5.92 Å². The van der Waals surface area contributed by atoms with E-state index in [1.54, 1.807) is 18.2 Å². The van der Waals surface area contributed by atoms with Gasteiger partial charge in [0.05, 0.1) is 5.56 Å². The molecule has 1 N–H and O–H groups in total. The Balaban J connectivity index is 1.92. The van der Waals surface area contributed by atoms with Crippen molar-refractivity contribution in [2.24, 2.45) is 5.92 Å². The van der Waals surface area contributed by atoms with Gasteiger partial charge in [-0.05, 0) is 59.3 Å². The van der Waals surface area contributed by atoms with Crippen molar-refractivity contribution in [3.8, 4) is 0 Å². The first-order chi connectivity index (χ1) is 9.06. The minimum Gasteiger partial charge on any atom is -0.352 e. The molecule has 0 radical (unpaired) electrons. The summed E-state index contributed by atoms with van der Waals surface area (Å²) in [6.07, 6.45) is 4.80. The van der Waals surface area contributed by atoms with Gasteiger partial charge in [0.15, 0.2) is 0 Å². The highest BCUT2D eigenvalue weighted by molar-refractivity contribution is 9.10. The van der Waals surface area contributed by atoms with Crippen molar-refractivity contribution in [2.45, 2.75) is 30.5 Å². The summed E-state index contributed by atoms with van der Waals surface area (Å²) in [6, 6.07) is 5.25. The molecule has 2 unspecified atom stereocenters. The highest BCUT2D eigenvalue weighted by atomic mass is 79.9. The summed E-state index contributed by atoms with van der Waals surface area (Å²) in [5, 5.41) is 3.58. The second-order valence-corrected chi connectivity index (χ2v) is 7.55. The van der Waals surface area contributed by atoms with Gasteiger partial charge >= 0.3 is 0 Å². The van der Waals surface area contributed by atoms with Crippen LogP contribution in [0.5, 0.6) is 0 Å². The molecule has 1 fully saturated rings. The van der Waals surface area contributed by atoms with E-state index in [9.17, 15) is 4.79 Å². The summed E-state index contributed by atoms with van der Waals surface area (Å²) in [6.45, 7) is 0.736. The zero-order valence-electron chi connectivity index (χ0n) is 10.5. The number of amides is 1. The Morgan fingerprint density at radius 1 is 1.42 bits per heavy atom. The molecule has 2 nitrogen and oxygen atoms in total. The molecule has 1 aromatic carbocycles. The van der Waals surface area contributed by atoms with Crippen LogP contribution in [0.2, 0.25) is 5.02 Å². The first-order valence-electron chi connectivity index (χ1n) is 6.43. The maximum atomic E-state index is 12.1. The van der Waals surface area contributed by atoms with Crippen LogP contribution in [0.25, 0.3) is 0 Å². The molecule has 1 amide bonds. The van der Waals surface area contributed by atoms with Gasteiger partial charge in [-0.3, -0.25) is 4.79 Å². The average molecular weight is 410 g/mol. The van der Waals surface area contributed by atoms with Gasteiger partial charge < -0.3 is 5.32 Å². The second kappa shape index (κ2) is 7.09. The molecule has 0 aliphatic heterocycles. The number of carbonyl (C=O) groups excluding carboxylic acids is 1. The number of carbonyl (C=O) groups is 1. The Kier molecular flexibility index (Phi) is 5.72. The Hall–Kier alpha value is -0.0600. The molecule has 1 saturated carbocycles. The molecular weight excluding hydrogens is 393 g/mol. The first-order valence-corrected chi connectivity index (χ1v) is 8.52. The standard InChI is InChI=1S/C14H16Br2ClNO/c15-10-3-1-2-9(6-10)8-18-14(19)12-7-11(17)4-5-13(12)16/h4-5,7,9-10H,1-3,6,8H2,(H,18,19).